The summed E-state index contributed by atoms with van der Waals surface area (Å²) in [6.45, 7) is 1.66. The lowest BCUT2D eigenvalue weighted by molar-refractivity contribution is 0.104. The number of benzene rings is 2. The molecule has 3 rings (SSSR count). The Kier molecular flexibility index (Phi) is 3.44. The van der Waals surface area contributed by atoms with Crippen LogP contribution >= 0.6 is 27.3 Å². The molecule has 1 nitrogen and oxygen atoms in total. The van der Waals surface area contributed by atoms with Crippen molar-refractivity contribution in [1.29, 1.82) is 0 Å². The number of carbonyl (C=O) groups is 1. The van der Waals surface area contributed by atoms with Crippen molar-refractivity contribution >= 4 is 43.1 Å². The first-order valence-electron chi connectivity index (χ1n) is 6.04. The largest absolute Gasteiger partial charge is 0.289 e. The minimum absolute atomic E-state index is 0.0718. The molecule has 0 atom stereocenters. The van der Waals surface area contributed by atoms with Gasteiger partial charge in [-0.3, -0.25) is 4.79 Å². The lowest BCUT2D eigenvalue weighted by atomic mass is 10.0. The summed E-state index contributed by atoms with van der Waals surface area (Å²) in [7, 11) is 0. The Morgan fingerprint density at radius 2 is 2.05 bits per heavy atom. The SMILES string of the molecule is Cc1cc(C(=O)c2csc3c(Br)cccc23)ccc1F. The maximum Gasteiger partial charge on any atom is 0.194 e. The number of carbonyl (C=O) groups excluding carboxylic acids is 1. The summed E-state index contributed by atoms with van der Waals surface area (Å²) in [5.74, 6) is -0.364. The van der Waals surface area contributed by atoms with E-state index in [1.54, 1.807) is 13.0 Å². The maximum atomic E-state index is 13.3. The average Bonchev–Trinajstić information content (AvgIpc) is 2.86. The molecule has 0 N–H and O–H groups in total. The molecule has 0 spiro atoms. The van der Waals surface area contributed by atoms with Gasteiger partial charge in [0, 0.05) is 31.1 Å². The van der Waals surface area contributed by atoms with Gasteiger partial charge in [-0.25, -0.2) is 4.39 Å². The van der Waals surface area contributed by atoms with Gasteiger partial charge in [-0.15, -0.1) is 11.3 Å². The van der Waals surface area contributed by atoms with Crippen LogP contribution < -0.4 is 0 Å². The Bertz CT molecular complexity index is 822. The average molecular weight is 349 g/mol. The first kappa shape index (κ1) is 13.5. The minimum Gasteiger partial charge on any atom is -0.289 e. The topological polar surface area (TPSA) is 17.1 Å². The van der Waals surface area contributed by atoms with Gasteiger partial charge in [0.25, 0.3) is 0 Å². The summed E-state index contributed by atoms with van der Waals surface area (Å²) < 4.78 is 15.3. The Balaban J connectivity index is 2.13. The summed E-state index contributed by atoms with van der Waals surface area (Å²) in [5, 5.41) is 2.78. The highest BCUT2D eigenvalue weighted by Gasteiger charge is 2.16. The van der Waals surface area contributed by atoms with Crippen molar-refractivity contribution in [2.45, 2.75) is 6.92 Å². The number of hydrogen-bond donors (Lipinski definition) is 0. The smallest absolute Gasteiger partial charge is 0.194 e. The van der Waals surface area contributed by atoms with Gasteiger partial charge >= 0.3 is 0 Å². The summed E-state index contributed by atoms with van der Waals surface area (Å²) >= 11 is 5.02. The fraction of sp³-hybridized carbons (Fsp3) is 0.0625. The van der Waals surface area contributed by atoms with Gasteiger partial charge in [0.15, 0.2) is 5.78 Å². The van der Waals surface area contributed by atoms with E-state index >= 15 is 0 Å². The molecular formula is C16H10BrFOS. The summed E-state index contributed by atoms with van der Waals surface area (Å²) in [4.78, 5) is 12.6. The Morgan fingerprint density at radius 3 is 2.80 bits per heavy atom. The predicted molar refractivity (Wildman–Crippen MR) is 84.1 cm³/mol. The first-order valence-corrected chi connectivity index (χ1v) is 7.72. The van der Waals surface area contributed by atoms with Crippen LogP contribution in [0.25, 0.3) is 10.1 Å². The summed E-state index contributed by atoms with van der Waals surface area (Å²) in [6, 6.07) is 10.3. The molecule has 100 valence electrons. The van der Waals surface area contributed by atoms with Gasteiger partial charge in [0.1, 0.15) is 5.82 Å². The fourth-order valence-electron chi connectivity index (χ4n) is 2.14. The van der Waals surface area contributed by atoms with Gasteiger partial charge in [-0.1, -0.05) is 12.1 Å². The third kappa shape index (κ3) is 2.19. The molecule has 0 aliphatic carbocycles. The van der Waals surface area contributed by atoms with E-state index in [9.17, 15) is 9.18 Å². The van der Waals surface area contributed by atoms with Crippen LogP contribution in [0, 0.1) is 12.7 Å². The number of rotatable bonds is 2. The third-order valence-electron chi connectivity index (χ3n) is 3.22. The second kappa shape index (κ2) is 5.11. The van der Waals surface area contributed by atoms with Crippen LogP contribution in [0.2, 0.25) is 0 Å². The number of fused-ring (bicyclic) bond motifs is 1. The fourth-order valence-corrected chi connectivity index (χ4v) is 3.74. The second-order valence-corrected chi connectivity index (χ2v) is 6.29. The zero-order valence-electron chi connectivity index (χ0n) is 10.6. The molecule has 0 saturated heterocycles. The van der Waals surface area contributed by atoms with E-state index in [1.165, 1.54) is 23.5 Å². The molecule has 0 bridgehead atoms. The number of hydrogen-bond acceptors (Lipinski definition) is 2. The van der Waals surface area contributed by atoms with Crippen LogP contribution in [0.15, 0.2) is 46.3 Å². The molecule has 0 fully saturated rings. The molecule has 1 aromatic heterocycles. The lowest BCUT2D eigenvalue weighted by Gasteiger charge is -2.03. The molecular weight excluding hydrogens is 339 g/mol. The van der Waals surface area contributed by atoms with Crippen LogP contribution in [0.5, 0.6) is 0 Å². The van der Waals surface area contributed by atoms with Crippen molar-refractivity contribution in [2.24, 2.45) is 0 Å². The number of thiophene rings is 1. The van der Waals surface area contributed by atoms with Gasteiger partial charge in [0.2, 0.25) is 0 Å². The standard InChI is InChI=1S/C16H10BrFOS/c1-9-7-10(5-6-14(9)18)15(19)12-8-20-16-11(12)3-2-4-13(16)17/h2-8H,1H3. The van der Waals surface area contributed by atoms with Crippen molar-refractivity contribution in [3.8, 4) is 0 Å². The summed E-state index contributed by atoms with van der Waals surface area (Å²) in [6.07, 6.45) is 0. The van der Waals surface area contributed by atoms with Gasteiger partial charge < -0.3 is 0 Å². The van der Waals surface area contributed by atoms with Gasteiger partial charge in [-0.05, 0) is 52.7 Å². The molecule has 4 heteroatoms. The highest BCUT2D eigenvalue weighted by molar-refractivity contribution is 9.10. The van der Waals surface area contributed by atoms with Crippen LogP contribution in [0.3, 0.4) is 0 Å². The monoisotopic (exact) mass is 348 g/mol. The van der Waals surface area contributed by atoms with Crippen molar-refractivity contribution < 1.29 is 9.18 Å². The molecule has 1 heterocycles. The molecule has 0 aliphatic heterocycles. The first-order chi connectivity index (χ1) is 9.58. The van der Waals surface area contributed by atoms with Crippen molar-refractivity contribution in [1.82, 2.24) is 0 Å². The normalized spacial score (nSPS) is 10.9. The van der Waals surface area contributed by atoms with Gasteiger partial charge in [-0.2, -0.15) is 0 Å². The molecule has 0 unspecified atom stereocenters. The molecule has 20 heavy (non-hydrogen) atoms. The summed E-state index contributed by atoms with van der Waals surface area (Å²) in [5.41, 5.74) is 1.66. The molecule has 3 aromatic rings. The number of ketones is 1. The van der Waals surface area contributed by atoms with Crippen molar-refractivity contribution in [3.63, 3.8) is 0 Å². The van der Waals surface area contributed by atoms with E-state index in [0.29, 0.717) is 16.7 Å². The molecule has 0 radical (unpaired) electrons. The maximum absolute atomic E-state index is 13.3. The highest BCUT2D eigenvalue weighted by Crippen LogP contribution is 2.33. The minimum atomic E-state index is -0.292. The number of aryl methyl sites for hydroxylation is 1. The Hall–Kier alpha value is -1.52. The van der Waals surface area contributed by atoms with Gasteiger partial charge in [0.05, 0.1) is 0 Å². The van der Waals surface area contributed by atoms with Crippen LogP contribution in [-0.4, -0.2) is 5.78 Å². The van der Waals surface area contributed by atoms with Crippen molar-refractivity contribution in [2.75, 3.05) is 0 Å². The van der Waals surface area contributed by atoms with E-state index in [2.05, 4.69) is 15.9 Å². The lowest BCUT2D eigenvalue weighted by Crippen LogP contribution is -2.01. The van der Waals surface area contributed by atoms with E-state index in [0.717, 1.165) is 14.6 Å². The quantitative estimate of drug-likeness (QED) is 0.571. The zero-order valence-corrected chi connectivity index (χ0v) is 13.0. The zero-order chi connectivity index (χ0) is 14.3. The van der Waals surface area contributed by atoms with Crippen molar-refractivity contribution in [3.05, 3.63) is 68.8 Å². The number of halogens is 2. The molecule has 2 aromatic carbocycles. The second-order valence-electron chi connectivity index (χ2n) is 4.56. The Morgan fingerprint density at radius 1 is 1.25 bits per heavy atom. The van der Waals surface area contributed by atoms with E-state index in [-0.39, 0.29) is 11.6 Å². The van der Waals surface area contributed by atoms with E-state index in [4.69, 9.17) is 0 Å². The highest BCUT2D eigenvalue weighted by atomic mass is 79.9. The third-order valence-corrected chi connectivity index (χ3v) is 5.17. The van der Waals surface area contributed by atoms with Crippen LogP contribution in [-0.2, 0) is 0 Å². The molecule has 0 amide bonds. The van der Waals surface area contributed by atoms with Crippen LogP contribution in [0.1, 0.15) is 21.5 Å². The van der Waals surface area contributed by atoms with E-state index in [1.807, 2.05) is 23.6 Å². The molecule has 0 aliphatic rings. The molecule has 0 saturated carbocycles. The van der Waals surface area contributed by atoms with Crippen LogP contribution in [0.4, 0.5) is 4.39 Å². The van der Waals surface area contributed by atoms with E-state index < -0.39 is 0 Å². The Labute approximate surface area is 128 Å². The predicted octanol–water partition coefficient (Wildman–Crippen LogP) is 5.34.